The second-order valence-electron chi connectivity index (χ2n) is 9.33. The molecule has 2 aromatic carbocycles. The van der Waals surface area contributed by atoms with Gasteiger partial charge in [0.25, 0.3) is 0 Å². The number of carboxylic acid groups (broad SMARTS) is 2. The number of aryl methyl sites for hydroxylation is 2. The van der Waals surface area contributed by atoms with Gasteiger partial charge in [0.1, 0.15) is 5.78 Å². The van der Waals surface area contributed by atoms with E-state index in [9.17, 15) is 29.4 Å². The van der Waals surface area contributed by atoms with Gasteiger partial charge < -0.3 is 26.8 Å². The molecule has 0 fully saturated rings. The summed E-state index contributed by atoms with van der Waals surface area (Å²) in [5, 5.41) is 27.5. The molecule has 0 aliphatic carbocycles. The van der Waals surface area contributed by atoms with E-state index in [0.717, 1.165) is 22.3 Å². The van der Waals surface area contributed by atoms with Gasteiger partial charge in [0.2, 0.25) is 0 Å². The lowest BCUT2D eigenvalue weighted by atomic mass is 9.91. The predicted molar refractivity (Wildman–Crippen MR) is 147 cm³/mol. The standard InChI is InChI=1S/C15H21NO4.C13H17NO3.CH4/c1-9-3-5-11(6-4-9)7-12(15(19)20)8-13(18)14(16)10(2)17;1-9-2-4-10(5-3-9)6-11(13(16)17)7-12(15)8-14;/h3-6,10,12,14,17H,7-8,16H2,1-2H3,(H,19,20);2-5,11H,6-8,14H2,1H3,(H,16,17);1H4/t10-,12?,14+;;/m1../s1. The highest BCUT2D eigenvalue weighted by atomic mass is 16.4. The number of benzene rings is 2. The zero-order valence-electron chi connectivity index (χ0n) is 21.6. The van der Waals surface area contributed by atoms with Crippen molar-refractivity contribution in [3.05, 3.63) is 70.8 Å². The van der Waals surface area contributed by atoms with Crippen molar-refractivity contribution in [2.24, 2.45) is 23.3 Å². The van der Waals surface area contributed by atoms with Gasteiger partial charge in [0, 0.05) is 12.8 Å². The topological polar surface area (TPSA) is 181 Å². The monoisotopic (exact) mass is 530 g/mol. The minimum Gasteiger partial charge on any atom is -0.481 e. The molecule has 0 saturated heterocycles. The first-order chi connectivity index (χ1) is 17.3. The summed E-state index contributed by atoms with van der Waals surface area (Å²) in [4.78, 5) is 45.3. The van der Waals surface area contributed by atoms with E-state index in [4.69, 9.17) is 16.6 Å². The third kappa shape index (κ3) is 12.7. The molecule has 2 aromatic rings. The Bertz CT molecular complexity index is 1030. The van der Waals surface area contributed by atoms with Gasteiger partial charge in [0.05, 0.1) is 30.5 Å². The summed E-state index contributed by atoms with van der Waals surface area (Å²) in [5.41, 5.74) is 14.7. The highest BCUT2D eigenvalue weighted by molar-refractivity contribution is 5.88. The van der Waals surface area contributed by atoms with Crippen molar-refractivity contribution in [3.8, 4) is 0 Å². The van der Waals surface area contributed by atoms with E-state index in [0.29, 0.717) is 6.42 Å². The molecule has 0 spiro atoms. The van der Waals surface area contributed by atoms with Crippen LogP contribution in [0.1, 0.15) is 49.4 Å². The van der Waals surface area contributed by atoms with E-state index in [-0.39, 0.29) is 39.0 Å². The molecule has 9 nitrogen and oxygen atoms in total. The number of rotatable bonds is 13. The van der Waals surface area contributed by atoms with E-state index >= 15 is 0 Å². The second-order valence-corrected chi connectivity index (χ2v) is 9.33. The summed E-state index contributed by atoms with van der Waals surface area (Å²) in [6.45, 7) is 5.23. The molecule has 0 amide bonds. The Morgan fingerprint density at radius 3 is 1.45 bits per heavy atom. The number of carbonyl (C=O) groups excluding carboxylic acids is 2. The summed E-state index contributed by atoms with van der Waals surface area (Å²) in [7, 11) is 0. The van der Waals surface area contributed by atoms with E-state index in [2.05, 4.69) is 0 Å². The largest absolute Gasteiger partial charge is 0.481 e. The zero-order chi connectivity index (χ0) is 28.1. The fourth-order valence-electron chi connectivity index (χ4n) is 3.52. The Hall–Kier alpha value is -3.40. The zero-order valence-corrected chi connectivity index (χ0v) is 21.6. The van der Waals surface area contributed by atoms with E-state index in [1.54, 1.807) is 0 Å². The highest BCUT2D eigenvalue weighted by Gasteiger charge is 2.27. The van der Waals surface area contributed by atoms with Crippen LogP contribution in [0.25, 0.3) is 0 Å². The summed E-state index contributed by atoms with van der Waals surface area (Å²) in [6, 6.07) is 14.1. The molecular weight excluding hydrogens is 488 g/mol. The van der Waals surface area contributed by atoms with Crippen LogP contribution in [0.15, 0.2) is 48.5 Å². The van der Waals surface area contributed by atoms with Crippen molar-refractivity contribution < 1.29 is 34.5 Å². The van der Waals surface area contributed by atoms with Crippen LogP contribution in [0.3, 0.4) is 0 Å². The number of carboxylic acids is 2. The Morgan fingerprint density at radius 1 is 0.763 bits per heavy atom. The fourth-order valence-corrected chi connectivity index (χ4v) is 3.52. The Morgan fingerprint density at radius 2 is 1.13 bits per heavy atom. The van der Waals surface area contributed by atoms with Crippen molar-refractivity contribution >= 4 is 23.5 Å². The normalized spacial score (nSPS) is 13.5. The van der Waals surface area contributed by atoms with E-state index < -0.39 is 41.7 Å². The first kappa shape index (κ1) is 34.6. The minimum atomic E-state index is -1.03. The lowest BCUT2D eigenvalue weighted by Gasteiger charge is -2.17. The summed E-state index contributed by atoms with van der Waals surface area (Å²) >= 11 is 0. The Balaban J connectivity index is 0.000000711. The third-order valence-electron chi connectivity index (χ3n) is 5.94. The van der Waals surface area contributed by atoms with Gasteiger partial charge in [-0.2, -0.15) is 0 Å². The SMILES string of the molecule is C.Cc1ccc(CC(CC(=O)CN)C(=O)O)cc1.Cc1ccc(CC(CC(=O)[C@@H](N)[C@@H](C)O)C(=O)O)cc1. The molecule has 210 valence electrons. The molecule has 0 aromatic heterocycles. The van der Waals surface area contributed by atoms with Gasteiger partial charge in [-0.1, -0.05) is 67.1 Å². The van der Waals surface area contributed by atoms with Gasteiger partial charge in [-0.25, -0.2) is 0 Å². The number of carbonyl (C=O) groups is 4. The summed E-state index contributed by atoms with van der Waals surface area (Å²) in [6.07, 6.45) is -0.513. The first-order valence-corrected chi connectivity index (χ1v) is 12.1. The third-order valence-corrected chi connectivity index (χ3v) is 5.94. The number of aliphatic carboxylic acids is 2. The number of ketones is 2. The molecule has 4 atom stereocenters. The van der Waals surface area contributed by atoms with Crippen LogP contribution >= 0.6 is 0 Å². The minimum absolute atomic E-state index is 0. The van der Waals surface area contributed by atoms with Crippen molar-refractivity contribution in [3.63, 3.8) is 0 Å². The van der Waals surface area contributed by atoms with Gasteiger partial charge in [-0.05, 0) is 44.7 Å². The van der Waals surface area contributed by atoms with Crippen LogP contribution in [0.2, 0.25) is 0 Å². The van der Waals surface area contributed by atoms with Crippen LogP contribution in [-0.4, -0.2) is 57.5 Å². The number of Topliss-reactive ketones (excluding diaryl/α,β-unsaturated/α-hetero) is 2. The number of aliphatic hydroxyl groups excluding tert-OH is 1. The number of nitrogens with two attached hydrogens (primary N) is 2. The lowest BCUT2D eigenvalue weighted by Crippen LogP contribution is -2.41. The Labute approximate surface area is 224 Å². The van der Waals surface area contributed by atoms with Gasteiger partial charge >= 0.3 is 11.9 Å². The number of hydrogen-bond acceptors (Lipinski definition) is 7. The maximum absolute atomic E-state index is 11.8. The molecule has 0 aliphatic heterocycles. The molecule has 7 N–H and O–H groups in total. The molecular formula is C29H42N2O7. The van der Waals surface area contributed by atoms with E-state index in [1.165, 1.54) is 6.92 Å². The van der Waals surface area contributed by atoms with E-state index in [1.807, 2.05) is 62.4 Å². The smallest absolute Gasteiger partial charge is 0.307 e. The van der Waals surface area contributed by atoms with Crippen LogP contribution in [0.4, 0.5) is 0 Å². The van der Waals surface area contributed by atoms with Gasteiger partial charge in [0.15, 0.2) is 5.78 Å². The van der Waals surface area contributed by atoms with Crippen LogP contribution in [0.5, 0.6) is 0 Å². The highest BCUT2D eigenvalue weighted by Crippen LogP contribution is 2.16. The van der Waals surface area contributed by atoms with Crippen molar-refractivity contribution in [1.29, 1.82) is 0 Å². The van der Waals surface area contributed by atoms with Crippen molar-refractivity contribution in [2.45, 2.75) is 66.0 Å². The van der Waals surface area contributed by atoms with Gasteiger partial charge in [-0.15, -0.1) is 0 Å². The molecule has 2 unspecified atom stereocenters. The maximum Gasteiger partial charge on any atom is 0.307 e. The van der Waals surface area contributed by atoms with Gasteiger partial charge in [-0.3, -0.25) is 19.2 Å². The van der Waals surface area contributed by atoms with Crippen LogP contribution in [0, 0.1) is 25.7 Å². The van der Waals surface area contributed by atoms with Crippen molar-refractivity contribution in [2.75, 3.05) is 6.54 Å². The molecule has 38 heavy (non-hydrogen) atoms. The number of aliphatic hydroxyl groups is 1. The maximum atomic E-state index is 11.8. The Kier molecular flexibility index (Phi) is 15.6. The lowest BCUT2D eigenvalue weighted by molar-refractivity contribution is -0.144. The second kappa shape index (κ2) is 17.2. The van der Waals surface area contributed by atoms with Crippen LogP contribution < -0.4 is 11.5 Å². The summed E-state index contributed by atoms with van der Waals surface area (Å²) < 4.78 is 0. The predicted octanol–water partition coefficient (Wildman–Crippen LogP) is 2.70. The fraction of sp³-hybridized carbons (Fsp3) is 0.448. The first-order valence-electron chi connectivity index (χ1n) is 12.1. The molecule has 0 bridgehead atoms. The summed E-state index contributed by atoms with van der Waals surface area (Å²) in [5.74, 6) is -4.14. The van der Waals surface area contributed by atoms with Crippen LogP contribution in [-0.2, 0) is 32.0 Å². The molecule has 0 radical (unpaired) electrons. The average molecular weight is 531 g/mol. The molecule has 0 aliphatic rings. The van der Waals surface area contributed by atoms with Crippen molar-refractivity contribution in [1.82, 2.24) is 0 Å². The average Bonchev–Trinajstić information content (AvgIpc) is 2.85. The molecule has 0 saturated carbocycles. The molecule has 9 heteroatoms. The quantitative estimate of drug-likeness (QED) is 0.260. The molecule has 2 rings (SSSR count). The molecule has 0 heterocycles. The number of hydrogen-bond donors (Lipinski definition) is 5.